The second-order valence-electron chi connectivity index (χ2n) is 5.26. The molecule has 96 valence electrons. The van der Waals surface area contributed by atoms with Gasteiger partial charge in [0.1, 0.15) is 0 Å². The average Bonchev–Trinajstić information content (AvgIpc) is 2.62. The third-order valence-corrected chi connectivity index (χ3v) is 3.01. The number of hydrogen-bond donors (Lipinski definition) is 2. The predicted octanol–water partition coefficient (Wildman–Crippen LogP) is 1.81. The lowest BCUT2D eigenvalue weighted by atomic mass is 9.91. The number of amides is 1. The molecule has 3 nitrogen and oxygen atoms in total. The lowest BCUT2D eigenvalue weighted by molar-refractivity contribution is -0.125. The molecule has 1 heterocycles. The quantitative estimate of drug-likeness (QED) is 0.797. The van der Waals surface area contributed by atoms with Crippen LogP contribution in [0.3, 0.4) is 0 Å². The normalized spacial score (nSPS) is 24.6. The van der Waals surface area contributed by atoms with Gasteiger partial charge < -0.3 is 10.6 Å². The van der Waals surface area contributed by atoms with Gasteiger partial charge in [-0.1, -0.05) is 27.7 Å². The molecule has 2 unspecified atom stereocenters. The smallest absolute Gasteiger partial charge is 0.224 e. The van der Waals surface area contributed by atoms with Gasteiger partial charge in [-0.2, -0.15) is 0 Å². The molecule has 0 bridgehead atoms. The second-order valence-corrected chi connectivity index (χ2v) is 5.26. The molecule has 1 rings (SSSR count). The Kier molecular flexibility index (Phi) is 7.00. The van der Waals surface area contributed by atoms with Gasteiger partial charge in [-0.3, -0.25) is 4.79 Å². The third-order valence-electron chi connectivity index (χ3n) is 3.01. The Morgan fingerprint density at radius 2 is 2.00 bits per heavy atom. The largest absolute Gasteiger partial charge is 0.356 e. The second kappa shape index (κ2) is 7.13. The van der Waals surface area contributed by atoms with E-state index in [1.54, 1.807) is 0 Å². The van der Waals surface area contributed by atoms with E-state index < -0.39 is 0 Å². The van der Waals surface area contributed by atoms with Crippen molar-refractivity contribution in [2.75, 3.05) is 13.1 Å². The number of hydrogen-bond acceptors (Lipinski definition) is 2. The minimum Gasteiger partial charge on any atom is -0.356 e. The summed E-state index contributed by atoms with van der Waals surface area (Å²) in [5.74, 6) is 1.46. The van der Waals surface area contributed by atoms with E-state index in [1.807, 2.05) is 0 Å². The zero-order valence-corrected chi connectivity index (χ0v) is 11.6. The molecular weight excluding hydrogens is 224 g/mol. The molecule has 1 amide bonds. The van der Waals surface area contributed by atoms with Gasteiger partial charge in [0.25, 0.3) is 0 Å². The fourth-order valence-electron chi connectivity index (χ4n) is 2.16. The Bertz CT molecular complexity index is 219. The van der Waals surface area contributed by atoms with Crippen LogP contribution in [0.5, 0.6) is 0 Å². The summed E-state index contributed by atoms with van der Waals surface area (Å²) in [7, 11) is 0. The average molecular weight is 249 g/mol. The molecule has 1 saturated heterocycles. The lowest BCUT2D eigenvalue weighted by Crippen LogP contribution is -2.42. The highest BCUT2D eigenvalue weighted by molar-refractivity contribution is 5.85. The summed E-state index contributed by atoms with van der Waals surface area (Å²) in [5, 5.41) is 6.44. The summed E-state index contributed by atoms with van der Waals surface area (Å²) < 4.78 is 0. The van der Waals surface area contributed by atoms with Crippen LogP contribution < -0.4 is 10.6 Å². The van der Waals surface area contributed by atoms with Gasteiger partial charge in [-0.05, 0) is 24.8 Å². The van der Waals surface area contributed by atoms with Crippen molar-refractivity contribution in [2.24, 2.45) is 17.8 Å². The van der Waals surface area contributed by atoms with E-state index in [0.717, 1.165) is 19.5 Å². The number of carbonyl (C=O) groups excluding carboxylic acids is 1. The van der Waals surface area contributed by atoms with Gasteiger partial charge in [0.15, 0.2) is 0 Å². The molecular formula is C12H25ClN2O. The van der Waals surface area contributed by atoms with Crippen LogP contribution in [0.4, 0.5) is 0 Å². The van der Waals surface area contributed by atoms with Crippen LogP contribution in [0.2, 0.25) is 0 Å². The van der Waals surface area contributed by atoms with E-state index in [4.69, 9.17) is 0 Å². The minimum absolute atomic E-state index is 0. The van der Waals surface area contributed by atoms with Crippen molar-refractivity contribution in [1.82, 2.24) is 10.6 Å². The monoisotopic (exact) mass is 248 g/mol. The van der Waals surface area contributed by atoms with E-state index in [9.17, 15) is 4.79 Å². The minimum atomic E-state index is 0. The van der Waals surface area contributed by atoms with Crippen molar-refractivity contribution < 1.29 is 4.79 Å². The first kappa shape index (κ1) is 15.7. The van der Waals surface area contributed by atoms with Crippen LogP contribution in [0, 0.1) is 17.8 Å². The van der Waals surface area contributed by atoms with Crippen LogP contribution >= 0.6 is 12.4 Å². The summed E-state index contributed by atoms with van der Waals surface area (Å²) in [5.41, 5.74) is 0. The number of halogens is 1. The fourth-order valence-corrected chi connectivity index (χ4v) is 2.16. The molecule has 2 N–H and O–H groups in total. The topological polar surface area (TPSA) is 41.1 Å². The number of carbonyl (C=O) groups is 1. The molecule has 0 saturated carbocycles. The summed E-state index contributed by atoms with van der Waals surface area (Å²) in [6, 6.07) is 0.358. The van der Waals surface area contributed by atoms with E-state index in [0.29, 0.717) is 17.9 Å². The van der Waals surface area contributed by atoms with E-state index in [-0.39, 0.29) is 24.2 Å². The van der Waals surface area contributed by atoms with Gasteiger partial charge in [0.2, 0.25) is 5.91 Å². The van der Waals surface area contributed by atoms with E-state index >= 15 is 0 Å². The Hall–Kier alpha value is -0.280. The first-order valence-corrected chi connectivity index (χ1v) is 6.03. The molecule has 1 fully saturated rings. The van der Waals surface area contributed by atoms with Crippen LogP contribution in [0.15, 0.2) is 0 Å². The molecule has 0 aromatic rings. The Balaban J connectivity index is 0.00000225. The first-order chi connectivity index (χ1) is 7.02. The third kappa shape index (κ3) is 4.30. The molecule has 4 heteroatoms. The molecule has 0 radical (unpaired) electrons. The maximum absolute atomic E-state index is 11.9. The van der Waals surface area contributed by atoms with Crippen molar-refractivity contribution >= 4 is 18.3 Å². The van der Waals surface area contributed by atoms with E-state index in [1.165, 1.54) is 0 Å². The highest BCUT2D eigenvalue weighted by Crippen LogP contribution is 2.21. The van der Waals surface area contributed by atoms with Crippen LogP contribution in [0.1, 0.15) is 34.1 Å². The van der Waals surface area contributed by atoms with Crippen molar-refractivity contribution in [3.63, 3.8) is 0 Å². The predicted molar refractivity (Wildman–Crippen MR) is 69.8 cm³/mol. The molecule has 0 spiro atoms. The zero-order chi connectivity index (χ0) is 11.4. The summed E-state index contributed by atoms with van der Waals surface area (Å²) in [6.45, 7) is 10.3. The fraction of sp³-hybridized carbons (Fsp3) is 0.917. The summed E-state index contributed by atoms with van der Waals surface area (Å²) in [4.78, 5) is 11.9. The van der Waals surface area contributed by atoms with Crippen molar-refractivity contribution in [2.45, 2.75) is 40.2 Å². The number of nitrogens with one attached hydrogen (secondary N) is 2. The van der Waals surface area contributed by atoms with Gasteiger partial charge in [0, 0.05) is 12.6 Å². The standard InChI is InChI=1S/C12H24N2O.ClH/c1-8(2)7-14-12(15)10-5-6-13-11(10)9(3)4;/h8-11,13H,5-7H2,1-4H3,(H,14,15);1H. The van der Waals surface area contributed by atoms with Crippen LogP contribution in [-0.2, 0) is 4.79 Å². The maximum Gasteiger partial charge on any atom is 0.224 e. The van der Waals surface area contributed by atoms with Crippen molar-refractivity contribution in [3.8, 4) is 0 Å². The highest BCUT2D eigenvalue weighted by Gasteiger charge is 2.34. The SMILES string of the molecule is CC(C)CNC(=O)C1CCNC1C(C)C.Cl. The summed E-state index contributed by atoms with van der Waals surface area (Å²) in [6.07, 6.45) is 0.979. The highest BCUT2D eigenvalue weighted by atomic mass is 35.5. The maximum atomic E-state index is 11.9. The van der Waals surface area contributed by atoms with E-state index in [2.05, 4.69) is 38.3 Å². The molecule has 1 aliphatic heterocycles. The Morgan fingerprint density at radius 1 is 1.38 bits per heavy atom. The van der Waals surface area contributed by atoms with Gasteiger partial charge in [-0.15, -0.1) is 12.4 Å². The van der Waals surface area contributed by atoms with Gasteiger partial charge in [0.05, 0.1) is 5.92 Å². The zero-order valence-electron chi connectivity index (χ0n) is 10.7. The summed E-state index contributed by atoms with van der Waals surface area (Å²) >= 11 is 0. The molecule has 1 aliphatic rings. The Labute approximate surface area is 105 Å². The first-order valence-electron chi connectivity index (χ1n) is 6.03. The Morgan fingerprint density at radius 3 is 2.50 bits per heavy atom. The molecule has 0 aromatic heterocycles. The van der Waals surface area contributed by atoms with Crippen molar-refractivity contribution in [1.29, 1.82) is 0 Å². The van der Waals surface area contributed by atoms with Gasteiger partial charge in [-0.25, -0.2) is 0 Å². The number of rotatable bonds is 4. The van der Waals surface area contributed by atoms with Crippen molar-refractivity contribution in [3.05, 3.63) is 0 Å². The lowest BCUT2D eigenvalue weighted by Gasteiger charge is -2.22. The van der Waals surface area contributed by atoms with Crippen LogP contribution in [0.25, 0.3) is 0 Å². The molecule has 16 heavy (non-hydrogen) atoms. The molecule has 2 atom stereocenters. The van der Waals surface area contributed by atoms with Crippen LogP contribution in [-0.4, -0.2) is 25.0 Å². The van der Waals surface area contributed by atoms with Gasteiger partial charge >= 0.3 is 0 Å². The molecule has 0 aliphatic carbocycles. The molecule has 0 aromatic carbocycles.